The van der Waals surface area contributed by atoms with E-state index in [1.165, 1.54) is 23.7 Å². The summed E-state index contributed by atoms with van der Waals surface area (Å²) in [5.74, 6) is 0.580. The average molecular weight is 390 g/mol. The van der Waals surface area contributed by atoms with E-state index in [-0.39, 0.29) is 11.4 Å². The molecule has 0 aliphatic rings. The van der Waals surface area contributed by atoms with Crippen molar-refractivity contribution >= 4 is 22.9 Å². The van der Waals surface area contributed by atoms with Crippen molar-refractivity contribution in [1.82, 2.24) is 18.7 Å². The molecule has 0 saturated heterocycles. The van der Waals surface area contributed by atoms with Gasteiger partial charge in [-0.2, -0.15) is 0 Å². The Morgan fingerprint density at radius 3 is 2.44 bits per heavy atom. The summed E-state index contributed by atoms with van der Waals surface area (Å²) in [6, 6.07) is 6.19. The highest BCUT2D eigenvalue weighted by atomic mass is 32.2. The van der Waals surface area contributed by atoms with Gasteiger partial charge >= 0.3 is 5.69 Å². The summed E-state index contributed by atoms with van der Waals surface area (Å²) in [6.45, 7) is 2.54. The van der Waals surface area contributed by atoms with Gasteiger partial charge in [0.1, 0.15) is 5.82 Å². The van der Waals surface area contributed by atoms with Gasteiger partial charge in [-0.3, -0.25) is 13.9 Å². The van der Waals surface area contributed by atoms with Gasteiger partial charge in [0.15, 0.2) is 16.3 Å². The first-order valence-electron chi connectivity index (χ1n) is 8.97. The standard InChI is InChI=1S/C19H23FN4O2S/c1-4-5-6-11-27-18-21-16-15(17(25)23(3)19(26)22(16)2)24(18)12-13-7-9-14(20)10-8-13/h7-10H,4-6,11-12H2,1-3H3. The van der Waals surface area contributed by atoms with E-state index >= 15 is 0 Å². The number of unbranched alkanes of at least 4 members (excludes halogenated alkanes) is 2. The number of nitrogens with zero attached hydrogens (tertiary/aromatic N) is 4. The first-order valence-corrected chi connectivity index (χ1v) is 9.96. The van der Waals surface area contributed by atoms with Crippen molar-refractivity contribution in [3.8, 4) is 0 Å². The quantitative estimate of drug-likeness (QED) is 0.460. The van der Waals surface area contributed by atoms with Crippen LogP contribution in [0.25, 0.3) is 11.2 Å². The minimum absolute atomic E-state index is 0.304. The van der Waals surface area contributed by atoms with Gasteiger partial charge in [0.2, 0.25) is 0 Å². The predicted octanol–water partition coefficient (Wildman–Crippen LogP) is 2.90. The molecule has 8 heteroatoms. The number of imidazole rings is 1. The fourth-order valence-electron chi connectivity index (χ4n) is 2.97. The highest BCUT2D eigenvalue weighted by Gasteiger charge is 2.19. The summed E-state index contributed by atoms with van der Waals surface area (Å²) in [7, 11) is 3.08. The van der Waals surface area contributed by atoms with E-state index in [2.05, 4.69) is 11.9 Å². The molecule has 0 aliphatic carbocycles. The van der Waals surface area contributed by atoms with Crippen LogP contribution in [0.2, 0.25) is 0 Å². The average Bonchev–Trinajstić information content (AvgIpc) is 3.02. The van der Waals surface area contributed by atoms with Gasteiger partial charge in [0.25, 0.3) is 5.56 Å². The van der Waals surface area contributed by atoms with E-state index in [4.69, 9.17) is 0 Å². The van der Waals surface area contributed by atoms with Crippen LogP contribution >= 0.6 is 11.8 Å². The maximum Gasteiger partial charge on any atom is 0.332 e. The lowest BCUT2D eigenvalue weighted by Gasteiger charge is -2.09. The number of hydrogen-bond donors (Lipinski definition) is 0. The highest BCUT2D eigenvalue weighted by molar-refractivity contribution is 7.99. The summed E-state index contributed by atoms with van der Waals surface area (Å²) < 4.78 is 17.6. The zero-order valence-corrected chi connectivity index (χ0v) is 16.6. The number of halogens is 1. The zero-order chi connectivity index (χ0) is 19.6. The molecule has 0 bridgehead atoms. The topological polar surface area (TPSA) is 61.8 Å². The van der Waals surface area contributed by atoms with Crippen LogP contribution < -0.4 is 11.2 Å². The van der Waals surface area contributed by atoms with Crippen LogP contribution in [0, 0.1) is 5.82 Å². The molecule has 3 aromatic rings. The Hall–Kier alpha value is -2.35. The normalized spacial score (nSPS) is 11.4. The lowest BCUT2D eigenvalue weighted by atomic mass is 10.2. The van der Waals surface area contributed by atoms with Gasteiger partial charge < -0.3 is 4.57 Å². The Kier molecular flexibility index (Phi) is 5.84. The third-order valence-electron chi connectivity index (χ3n) is 4.55. The van der Waals surface area contributed by atoms with E-state index in [9.17, 15) is 14.0 Å². The molecule has 6 nitrogen and oxygen atoms in total. The SMILES string of the molecule is CCCCCSc1nc2c(c(=O)n(C)c(=O)n2C)n1Cc1ccc(F)cc1. The van der Waals surface area contributed by atoms with Crippen molar-refractivity contribution in [3.05, 3.63) is 56.5 Å². The van der Waals surface area contributed by atoms with E-state index < -0.39 is 5.69 Å². The van der Waals surface area contributed by atoms with Crippen LogP contribution in [-0.2, 0) is 20.6 Å². The number of hydrogen-bond acceptors (Lipinski definition) is 4. The Morgan fingerprint density at radius 2 is 1.78 bits per heavy atom. The van der Waals surface area contributed by atoms with Crippen molar-refractivity contribution in [2.24, 2.45) is 14.1 Å². The van der Waals surface area contributed by atoms with Crippen LogP contribution in [0.15, 0.2) is 39.0 Å². The van der Waals surface area contributed by atoms with Crippen LogP contribution in [0.5, 0.6) is 0 Å². The second-order valence-electron chi connectivity index (χ2n) is 6.54. The minimum atomic E-state index is -0.401. The first kappa shape index (κ1) is 19.4. The second kappa shape index (κ2) is 8.12. The van der Waals surface area contributed by atoms with Gasteiger partial charge in [0, 0.05) is 19.8 Å². The smallest absolute Gasteiger partial charge is 0.309 e. The fraction of sp³-hybridized carbons (Fsp3) is 0.421. The van der Waals surface area contributed by atoms with Gasteiger partial charge in [0.05, 0.1) is 6.54 Å². The number of thioether (sulfide) groups is 1. The van der Waals surface area contributed by atoms with Crippen LogP contribution in [-0.4, -0.2) is 24.4 Å². The Bertz CT molecular complexity index is 1070. The molecule has 0 unspecified atom stereocenters. The van der Waals surface area contributed by atoms with Crippen molar-refractivity contribution in [3.63, 3.8) is 0 Å². The van der Waals surface area contributed by atoms with Crippen molar-refractivity contribution < 1.29 is 4.39 Å². The predicted molar refractivity (Wildman–Crippen MR) is 106 cm³/mol. The number of fused-ring (bicyclic) bond motifs is 1. The van der Waals surface area contributed by atoms with Crippen molar-refractivity contribution in [2.75, 3.05) is 5.75 Å². The second-order valence-corrected chi connectivity index (χ2v) is 7.60. The van der Waals surface area contributed by atoms with Crippen LogP contribution in [0.1, 0.15) is 31.7 Å². The zero-order valence-electron chi connectivity index (χ0n) is 15.7. The number of aromatic nitrogens is 4. The van der Waals surface area contributed by atoms with Gasteiger partial charge in [-0.05, 0) is 24.1 Å². The van der Waals surface area contributed by atoms with Gasteiger partial charge in [-0.15, -0.1) is 0 Å². The molecule has 0 atom stereocenters. The summed E-state index contributed by atoms with van der Waals surface area (Å²) >= 11 is 1.58. The molecule has 2 heterocycles. The molecule has 0 radical (unpaired) electrons. The largest absolute Gasteiger partial charge is 0.332 e. The van der Waals surface area contributed by atoms with Crippen LogP contribution in [0.4, 0.5) is 4.39 Å². The molecule has 144 valence electrons. The maximum atomic E-state index is 13.2. The van der Waals surface area contributed by atoms with E-state index in [1.807, 2.05) is 4.57 Å². The minimum Gasteiger partial charge on any atom is -0.309 e. The van der Waals surface area contributed by atoms with E-state index in [1.54, 1.807) is 30.9 Å². The molecule has 0 amide bonds. The molecule has 0 saturated carbocycles. The third-order valence-corrected chi connectivity index (χ3v) is 5.61. The Labute approximate surface area is 160 Å². The maximum absolute atomic E-state index is 13.2. The number of benzene rings is 1. The van der Waals surface area contributed by atoms with Crippen molar-refractivity contribution in [1.29, 1.82) is 0 Å². The fourth-order valence-corrected chi connectivity index (χ4v) is 3.97. The molecule has 0 spiro atoms. The lowest BCUT2D eigenvalue weighted by Crippen LogP contribution is -2.37. The highest BCUT2D eigenvalue weighted by Crippen LogP contribution is 2.24. The first-order chi connectivity index (χ1) is 12.9. The molecular formula is C19H23FN4O2S. The molecule has 0 fully saturated rings. The monoisotopic (exact) mass is 390 g/mol. The molecule has 0 aliphatic heterocycles. The lowest BCUT2D eigenvalue weighted by molar-refractivity contribution is 0.625. The summed E-state index contributed by atoms with van der Waals surface area (Å²) in [4.78, 5) is 29.6. The molecule has 0 N–H and O–H groups in total. The van der Waals surface area contributed by atoms with E-state index in [0.717, 1.165) is 35.1 Å². The van der Waals surface area contributed by atoms with Crippen LogP contribution in [0.3, 0.4) is 0 Å². The van der Waals surface area contributed by atoms with E-state index in [0.29, 0.717) is 22.9 Å². The third kappa shape index (κ3) is 3.85. The number of aryl methyl sites for hydroxylation is 1. The summed E-state index contributed by atoms with van der Waals surface area (Å²) in [6.07, 6.45) is 3.31. The molecule has 3 rings (SSSR count). The van der Waals surface area contributed by atoms with Gasteiger partial charge in [-0.25, -0.2) is 14.2 Å². The summed E-state index contributed by atoms with van der Waals surface area (Å²) in [5, 5.41) is 0.698. The number of rotatable bonds is 7. The summed E-state index contributed by atoms with van der Waals surface area (Å²) in [5.41, 5.74) is 0.858. The Balaban J connectivity index is 2.12. The molecule has 27 heavy (non-hydrogen) atoms. The Morgan fingerprint density at radius 1 is 1.07 bits per heavy atom. The molecule has 2 aromatic heterocycles. The molecule has 1 aromatic carbocycles. The van der Waals surface area contributed by atoms with Gasteiger partial charge in [-0.1, -0.05) is 43.7 Å². The molecular weight excluding hydrogens is 367 g/mol. The van der Waals surface area contributed by atoms with Crippen molar-refractivity contribution in [2.45, 2.75) is 37.9 Å².